The highest BCUT2D eigenvalue weighted by atomic mass is 16.6. The fourth-order valence-electron chi connectivity index (χ4n) is 1.06. The predicted octanol–water partition coefficient (Wildman–Crippen LogP) is 0.725. The van der Waals surface area contributed by atoms with E-state index in [0.29, 0.717) is 18.5 Å². The summed E-state index contributed by atoms with van der Waals surface area (Å²) in [5, 5.41) is 24.8. The Kier molecular flexibility index (Phi) is 3.16. The fraction of sp³-hybridized carbons (Fsp3) is 0.429. The van der Waals surface area contributed by atoms with Crippen molar-refractivity contribution in [2.75, 3.05) is 0 Å². The summed E-state index contributed by atoms with van der Waals surface area (Å²) in [5.74, 6) is -0.910. The summed E-state index contributed by atoms with van der Waals surface area (Å²) in [5.41, 5.74) is 0.284. The molecular formula is C7H9N3O4. The van der Waals surface area contributed by atoms with E-state index in [1.54, 1.807) is 0 Å². The Balaban J connectivity index is 2.54. The summed E-state index contributed by atoms with van der Waals surface area (Å²) >= 11 is 0. The smallest absolute Gasteiger partial charge is 0.309 e. The van der Waals surface area contributed by atoms with Gasteiger partial charge in [-0.15, -0.1) is 0 Å². The Morgan fingerprint density at radius 2 is 2.43 bits per heavy atom. The van der Waals surface area contributed by atoms with Crippen molar-refractivity contribution in [1.82, 2.24) is 10.2 Å². The number of carboxylic acids is 1. The number of hydrogen-bond acceptors (Lipinski definition) is 4. The molecule has 0 aliphatic heterocycles. The maximum atomic E-state index is 10.4. The summed E-state index contributed by atoms with van der Waals surface area (Å²) in [4.78, 5) is 20.1. The SMILES string of the molecule is O=C(O)CCCc1[nH]ncc1[N+](=O)[O-]. The minimum Gasteiger partial charge on any atom is -0.481 e. The first-order chi connectivity index (χ1) is 6.61. The lowest BCUT2D eigenvalue weighted by Crippen LogP contribution is -1.98. The van der Waals surface area contributed by atoms with Crippen LogP contribution in [0.5, 0.6) is 0 Å². The van der Waals surface area contributed by atoms with Crippen molar-refractivity contribution in [3.63, 3.8) is 0 Å². The summed E-state index contributed by atoms with van der Waals surface area (Å²) in [7, 11) is 0. The second-order valence-electron chi connectivity index (χ2n) is 2.74. The third kappa shape index (κ3) is 2.54. The first-order valence-electron chi connectivity index (χ1n) is 3.99. The van der Waals surface area contributed by atoms with Gasteiger partial charge < -0.3 is 5.11 Å². The first kappa shape index (κ1) is 10.2. The van der Waals surface area contributed by atoms with Crippen LogP contribution in [0.25, 0.3) is 0 Å². The Hall–Kier alpha value is -1.92. The van der Waals surface area contributed by atoms with Crippen LogP contribution in [0.15, 0.2) is 6.20 Å². The molecule has 0 radical (unpaired) electrons. The zero-order chi connectivity index (χ0) is 10.6. The number of rotatable bonds is 5. The molecule has 0 saturated heterocycles. The predicted molar refractivity (Wildman–Crippen MR) is 45.8 cm³/mol. The number of carboxylic acid groups (broad SMARTS) is 1. The minimum atomic E-state index is -0.910. The van der Waals surface area contributed by atoms with E-state index in [4.69, 9.17) is 5.11 Å². The highest BCUT2D eigenvalue weighted by Crippen LogP contribution is 2.16. The average molecular weight is 199 g/mol. The molecule has 0 fully saturated rings. The van der Waals surface area contributed by atoms with E-state index in [-0.39, 0.29) is 12.1 Å². The molecule has 0 unspecified atom stereocenters. The number of aromatic nitrogens is 2. The number of aromatic amines is 1. The zero-order valence-corrected chi connectivity index (χ0v) is 7.27. The van der Waals surface area contributed by atoms with Crippen LogP contribution in [-0.2, 0) is 11.2 Å². The standard InChI is InChI=1S/C7H9N3O4/c11-7(12)3-1-2-5-6(10(13)14)4-8-9-5/h4H,1-3H2,(H,8,9)(H,11,12). The average Bonchev–Trinajstić information content (AvgIpc) is 2.51. The quantitative estimate of drug-likeness (QED) is 0.536. The van der Waals surface area contributed by atoms with E-state index < -0.39 is 10.9 Å². The van der Waals surface area contributed by atoms with Crippen LogP contribution in [0.4, 0.5) is 5.69 Å². The van der Waals surface area contributed by atoms with E-state index in [2.05, 4.69) is 10.2 Å². The van der Waals surface area contributed by atoms with Gasteiger partial charge in [0.1, 0.15) is 11.9 Å². The van der Waals surface area contributed by atoms with Crippen LogP contribution < -0.4 is 0 Å². The lowest BCUT2D eigenvalue weighted by molar-refractivity contribution is -0.385. The molecule has 0 aliphatic carbocycles. The van der Waals surface area contributed by atoms with Crippen molar-refractivity contribution in [3.05, 3.63) is 22.0 Å². The molecule has 0 saturated carbocycles. The van der Waals surface area contributed by atoms with E-state index in [9.17, 15) is 14.9 Å². The second kappa shape index (κ2) is 4.35. The number of H-pyrrole nitrogens is 1. The molecule has 1 rings (SSSR count). The van der Waals surface area contributed by atoms with Gasteiger partial charge in [0, 0.05) is 6.42 Å². The third-order valence-corrected chi connectivity index (χ3v) is 1.71. The summed E-state index contributed by atoms with van der Waals surface area (Å²) in [6, 6.07) is 0. The highest BCUT2D eigenvalue weighted by molar-refractivity contribution is 5.66. The van der Waals surface area contributed by atoms with Gasteiger partial charge in [0.2, 0.25) is 0 Å². The topological polar surface area (TPSA) is 109 Å². The number of aliphatic carboxylic acids is 1. The Morgan fingerprint density at radius 3 is 3.00 bits per heavy atom. The maximum absolute atomic E-state index is 10.4. The van der Waals surface area contributed by atoms with Crippen LogP contribution in [0.1, 0.15) is 18.5 Å². The molecule has 0 atom stereocenters. The molecule has 1 heterocycles. The van der Waals surface area contributed by atoms with Crippen LogP contribution in [-0.4, -0.2) is 26.2 Å². The molecule has 0 amide bonds. The normalized spacial score (nSPS) is 10.0. The van der Waals surface area contributed by atoms with Gasteiger partial charge in [-0.25, -0.2) is 0 Å². The third-order valence-electron chi connectivity index (χ3n) is 1.71. The molecule has 1 aromatic heterocycles. The lowest BCUT2D eigenvalue weighted by Gasteiger charge is -1.94. The van der Waals surface area contributed by atoms with E-state index in [1.165, 1.54) is 0 Å². The molecule has 76 valence electrons. The molecular weight excluding hydrogens is 190 g/mol. The number of hydrogen-bond donors (Lipinski definition) is 2. The van der Waals surface area contributed by atoms with Crippen LogP contribution in [0.2, 0.25) is 0 Å². The van der Waals surface area contributed by atoms with Gasteiger partial charge in [-0.05, 0) is 12.8 Å². The molecule has 1 aromatic rings. The van der Waals surface area contributed by atoms with E-state index in [1.807, 2.05) is 0 Å². The molecule has 2 N–H and O–H groups in total. The number of aryl methyl sites for hydroxylation is 1. The number of nitrogens with one attached hydrogen (secondary N) is 1. The number of carbonyl (C=O) groups is 1. The number of nitrogens with zero attached hydrogens (tertiary/aromatic N) is 2. The van der Waals surface area contributed by atoms with Crippen LogP contribution in [0, 0.1) is 10.1 Å². The molecule has 0 spiro atoms. The molecule has 0 bridgehead atoms. The van der Waals surface area contributed by atoms with Crippen molar-refractivity contribution in [1.29, 1.82) is 0 Å². The largest absolute Gasteiger partial charge is 0.481 e. The monoisotopic (exact) mass is 199 g/mol. The van der Waals surface area contributed by atoms with Crippen molar-refractivity contribution < 1.29 is 14.8 Å². The maximum Gasteiger partial charge on any atom is 0.309 e. The van der Waals surface area contributed by atoms with Crippen molar-refractivity contribution in [2.24, 2.45) is 0 Å². The summed E-state index contributed by atoms with van der Waals surface area (Å²) < 4.78 is 0. The van der Waals surface area contributed by atoms with Gasteiger partial charge in [0.15, 0.2) is 0 Å². The van der Waals surface area contributed by atoms with Gasteiger partial charge in [-0.2, -0.15) is 5.10 Å². The van der Waals surface area contributed by atoms with Gasteiger partial charge in [0.05, 0.1) is 4.92 Å². The molecule has 0 aromatic carbocycles. The lowest BCUT2D eigenvalue weighted by atomic mass is 10.2. The van der Waals surface area contributed by atoms with Gasteiger partial charge in [-0.3, -0.25) is 20.0 Å². The Bertz CT molecular complexity index is 346. The molecule has 0 aliphatic rings. The van der Waals surface area contributed by atoms with Crippen LogP contribution in [0.3, 0.4) is 0 Å². The van der Waals surface area contributed by atoms with Gasteiger partial charge in [0.25, 0.3) is 0 Å². The van der Waals surface area contributed by atoms with Gasteiger partial charge >= 0.3 is 11.7 Å². The Labute approximate surface area is 78.9 Å². The van der Waals surface area contributed by atoms with Crippen LogP contribution >= 0.6 is 0 Å². The van der Waals surface area contributed by atoms with Gasteiger partial charge in [-0.1, -0.05) is 0 Å². The van der Waals surface area contributed by atoms with E-state index >= 15 is 0 Å². The Morgan fingerprint density at radius 1 is 1.71 bits per heavy atom. The highest BCUT2D eigenvalue weighted by Gasteiger charge is 2.15. The molecule has 14 heavy (non-hydrogen) atoms. The van der Waals surface area contributed by atoms with E-state index in [0.717, 1.165) is 6.20 Å². The van der Waals surface area contributed by atoms with Crippen molar-refractivity contribution in [2.45, 2.75) is 19.3 Å². The zero-order valence-electron chi connectivity index (χ0n) is 7.27. The van der Waals surface area contributed by atoms with Crippen molar-refractivity contribution >= 4 is 11.7 Å². The minimum absolute atomic E-state index is 0.00380. The molecule has 7 heteroatoms. The summed E-state index contributed by atoms with van der Waals surface area (Å²) in [6.45, 7) is 0. The molecule has 7 nitrogen and oxygen atoms in total. The first-order valence-corrected chi connectivity index (χ1v) is 3.99. The van der Waals surface area contributed by atoms with Crippen molar-refractivity contribution in [3.8, 4) is 0 Å². The number of nitro groups is 1. The fourth-order valence-corrected chi connectivity index (χ4v) is 1.06. The second-order valence-corrected chi connectivity index (χ2v) is 2.74. The summed E-state index contributed by atoms with van der Waals surface area (Å²) in [6.07, 6.45) is 1.80.